The zero-order chi connectivity index (χ0) is 19.9. The molecule has 0 unspecified atom stereocenters. The molecule has 3 rings (SSSR count). The maximum absolute atomic E-state index is 12.3. The molecule has 0 aliphatic rings. The highest BCUT2D eigenvalue weighted by atomic mass is 16.5. The van der Waals surface area contributed by atoms with Gasteiger partial charge >= 0.3 is 5.97 Å². The maximum Gasteiger partial charge on any atom is 0.338 e. The average Bonchev–Trinajstić information content (AvgIpc) is 2.70. The fourth-order valence-corrected chi connectivity index (χ4v) is 2.53. The van der Waals surface area contributed by atoms with Crippen LogP contribution in [-0.2, 0) is 9.53 Å². The molecule has 1 atom stereocenters. The number of aryl methyl sites for hydroxylation is 1. The first-order chi connectivity index (χ1) is 13.5. The first-order valence-electron chi connectivity index (χ1n) is 8.93. The summed E-state index contributed by atoms with van der Waals surface area (Å²) in [6.07, 6.45) is -0.923. The summed E-state index contributed by atoms with van der Waals surface area (Å²) in [6, 6.07) is 23.4. The Labute approximate surface area is 163 Å². The quantitative estimate of drug-likeness (QED) is 0.618. The van der Waals surface area contributed by atoms with Crippen LogP contribution in [0.4, 0.5) is 5.69 Å². The minimum absolute atomic E-state index is 0.405. The van der Waals surface area contributed by atoms with Gasteiger partial charge in [-0.25, -0.2) is 4.79 Å². The van der Waals surface area contributed by atoms with Gasteiger partial charge in [0.05, 0.1) is 5.56 Å². The molecular formula is C23H21NO4. The second-order valence-electron chi connectivity index (χ2n) is 6.35. The molecule has 3 aromatic carbocycles. The third-order valence-corrected chi connectivity index (χ3v) is 4.01. The summed E-state index contributed by atoms with van der Waals surface area (Å²) in [6.45, 7) is 3.42. The van der Waals surface area contributed by atoms with Gasteiger partial charge in [-0.3, -0.25) is 4.79 Å². The van der Waals surface area contributed by atoms with Crippen molar-refractivity contribution >= 4 is 17.6 Å². The Hall–Kier alpha value is -3.60. The van der Waals surface area contributed by atoms with Crippen LogP contribution in [0, 0.1) is 6.92 Å². The number of nitrogens with one attached hydrogen (secondary N) is 1. The zero-order valence-corrected chi connectivity index (χ0v) is 15.7. The molecule has 3 aromatic rings. The average molecular weight is 375 g/mol. The second kappa shape index (κ2) is 8.86. The van der Waals surface area contributed by atoms with Crippen molar-refractivity contribution in [1.82, 2.24) is 0 Å². The number of carbonyl (C=O) groups excluding carboxylic acids is 2. The molecule has 0 heterocycles. The van der Waals surface area contributed by atoms with Crippen molar-refractivity contribution in [3.63, 3.8) is 0 Å². The van der Waals surface area contributed by atoms with Crippen molar-refractivity contribution in [3.8, 4) is 11.5 Å². The van der Waals surface area contributed by atoms with E-state index in [2.05, 4.69) is 5.32 Å². The molecule has 0 fully saturated rings. The highest BCUT2D eigenvalue weighted by Gasteiger charge is 2.19. The largest absolute Gasteiger partial charge is 0.457 e. The summed E-state index contributed by atoms with van der Waals surface area (Å²) in [5.41, 5.74) is 1.95. The molecule has 0 radical (unpaired) electrons. The van der Waals surface area contributed by atoms with Crippen molar-refractivity contribution in [3.05, 3.63) is 90.0 Å². The molecule has 0 aliphatic carbocycles. The van der Waals surface area contributed by atoms with Gasteiger partial charge in [0, 0.05) is 5.69 Å². The van der Waals surface area contributed by atoms with E-state index in [9.17, 15) is 9.59 Å². The number of carbonyl (C=O) groups is 2. The highest BCUT2D eigenvalue weighted by Crippen LogP contribution is 2.22. The van der Waals surface area contributed by atoms with Crippen molar-refractivity contribution in [2.45, 2.75) is 20.0 Å². The topological polar surface area (TPSA) is 64.6 Å². The lowest BCUT2D eigenvalue weighted by Gasteiger charge is -2.14. The van der Waals surface area contributed by atoms with E-state index in [1.807, 2.05) is 43.3 Å². The number of ether oxygens (including phenoxy) is 2. The van der Waals surface area contributed by atoms with Gasteiger partial charge in [0.1, 0.15) is 11.5 Å². The van der Waals surface area contributed by atoms with E-state index in [1.165, 1.54) is 6.92 Å². The van der Waals surface area contributed by atoms with Gasteiger partial charge in [0.25, 0.3) is 5.91 Å². The molecule has 0 spiro atoms. The molecule has 5 nitrogen and oxygen atoms in total. The molecule has 0 aliphatic heterocycles. The first kappa shape index (κ1) is 19.2. The minimum atomic E-state index is -0.923. The first-order valence-corrected chi connectivity index (χ1v) is 8.93. The number of amides is 1. The summed E-state index contributed by atoms with van der Waals surface area (Å²) in [7, 11) is 0. The Morgan fingerprint density at radius 1 is 0.857 bits per heavy atom. The molecule has 1 N–H and O–H groups in total. The van der Waals surface area contributed by atoms with Crippen LogP contribution in [0.15, 0.2) is 78.9 Å². The van der Waals surface area contributed by atoms with E-state index >= 15 is 0 Å². The number of benzene rings is 3. The van der Waals surface area contributed by atoms with Gasteiger partial charge in [-0.2, -0.15) is 0 Å². The van der Waals surface area contributed by atoms with E-state index < -0.39 is 18.0 Å². The van der Waals surface area contributed by atoms with Gasteiger partial charge in [0.15, 0.2) is 6.10 Å². The van der Waals surface area contributed by atoms with Crippen LogP contribution in [0.5, 0.6) is 11.5 Å². The SMILES string of the molecule is Cc1cccc(C(=O)O[C@H](C)C(=O)Nc2ccc(Oc3ccccc3)cc2)c1. The Bertz CT molecular complexity index is 952. The number of rotatable bonds is 6. The van der Waals surface area contributed by atoms with Crippen LogP contribution in [0.1, 0.15) is 22.8 Å². The Morgan fingerprint density at radius 3 is 2.21 bits per heavy atom. The molecule has 28 heavy (non-hydrogen) atoms. The lowest BCUT2D eigenvalue weighted by molar-refractivity contribution is -0.123. The van der Waals surface area contributed by atoms with E-state index in [-0.39, 0.29) is 0 Å². The number of para-hydroxylation sites is 1. The van der Waals surface area contributed by atoms with Crippen LogP contribution < -0.4 is 10.1 Å². The molecule has 142 valence electrons. The molecule has 0 saturated heterocycles. The predicted octanol–water partition coefficient (Wildman–Crippen LogP) is 4.97. The molecular weight excluding hydrogens is 354 g/mol. The summed E-state index contributed by atoms with van der Waals surface area (Å²) in [4.78, 5) is 24.5. The predicted molar refractivity (Wildman–Crippen MR) is 108 cm³/mol. The van der Waals surface area contributed by atoms with Gasteiger partial charge in [0.2, 0.25) is 0 Å². The van der Waals surface area contributed by atoms with Crippen LogP contribution >= 0.6 is 0 Å². The molecule has 5 heteroatoms. The van der Waals surface area contributed by atoms with E-state index in [4.69, 9.17) is 9.47 Å². The van der Waals surface area contributed by atoms with Crippen LogP contribution in [0.3, 0.4) is 0 Å². The molecule has 0 saturated carbocycles. The summed E-state index contributed by atoms with van der Waals surface area (Å²) >= 11 is 0. The van der Waals surface area contributed by atoms with Crippen molar-refractivity contribution in [2.75, 3.05) is 5.32 Å². The number of esters is 1. The summed E-state index contributed by atoms with van der Waals surface area (Å²) in [5, 5.41) is 2.73. The van der Waals surface area contributed by atoms with Gasteiger partial charge in [-0.15, -0.1) is 0 Å². The van der Waals surface area contributed by atoms with Crippen LogP contribution in [-0.4, -0.2) is 18.0 Å². The van der Waals surface area contributed by atoms with Crippen molar-refractivity contribution in [1.29, 1.82) is 0 Å². The lowest BCUT2D eigenvalue weighted by atomic mass is 10.1. The minimum Gasteiger partial charge on any atom is -0.457 e. The third kappa shape index (κ3) is 5.20. The highest BCUT2D eigenvalue weighted by molar-refractivity contribution is 5.97. The Balaban J connectivity index is 1.55. The Morgan fingerprint density at radius 2 is 1.54 bits per heavy atom. The summed E-state index contributed by atoms with van der Waals surface area (Å²) in [5.74, 6) is 0.454. The smallest absolute Gasteiger partial charge is 0.338 e. The van der Waals surface area contributed by atoms with Gasteiger partial charge in [-0.1, -0.05) is 35.9 Å². The van der Waals surface area contributed by atoms with Crippen molar-refractivity contribution < 1.29 is 19.1 Å². The maximum atomic E-state index is 12.3. The molecule has 0 bridgehead atoms. The van der Waals surface area contributed by atoms with E-state index in [1.54, 1.807) is 42.5 Å². The van der Waals surface area contributed by atoms with Crippen LogP contribution in [0.2, 0.25) is 0 Å². The number of hydrogen-bond donors (Lipinski definition) is 1. The monoisotopic (exact) mass is 375 g/mol. The van der Waals surface area contributed by atoms with E-state index in [0.717, 1.165) is 11.3 Å². The fourth-order valence-electron chi connectivity index (χ4n) is 2.53. The normalized spacial score (nSPS) is 11.4. The number of anilines is 1. The van der Waals surface area contributed by atoms with Crippen molar-refractivity contribution in [2.24, 2.45) is 0 Å². The standard InChI is InChI=1S/C23H21NO4/c1-16-7-6-8-18(15-16)23(26)27-17(2)22(25)24-19-11-13-21(14-12-19)28-20-9-4-3-5-10-20/h3-15,17H,1-2H3,(H,24,25)/t17-/m1/s1. The molecule has 1 amide bonds. The fraction of sp³-hybridized carbons (Fsp3) is 0.130. The second-order valence-corrected chi connectivity index (χ2v) is 6.35. The molecule has 0 aromatic heterocycles. The number of hydrogen-bond acceptors (Lipinski definition) is 4. The van der Waals surface area contributed by atoms with Gasteiger partial charge in [-0.05, 0) is 62.4 Å². The third-order valence-electron chi connectivity index (χ3n) is 4.01. The Kier molecular flexibility index (Phi) is 6.07. The van der Waals surface area contributed by atoms with E-state index in [0.29, 0.717) is 17.0 Å². The lowest BCUT2D eigenvalue weighted by Crippen LogP contribution is -2.30. The van der Waals surface area contributed by atoms with Crippen LogP contribution in [0.25, 0.3) is 0 Å². The van der Waals surface area contributed by atoms with Gasteiger partial charge < -0.3 is 14.8 Å². The summed E-state index contributed by atoms with van der Waals surface area (Å²) < 4.78 is 11.0. The zero-order valence-electron chi connectivity index (χ0n) is 15.7.